The third-order valence-corrected chi connectivity index (χ3v) is 5.20. The second-order valence-corrected chi connectivity index (χ2v) is 7.13. The summed E-state index contributed by atoms with van der Waals surface area (Å²) < 4.78 is 5.42. The molecule has 0 aliphatic heterocycles. The van der Waals surface area contributed by atoms with E-state index < -0.39 is 0 Å². The Morgan fingerprint density at radius 3 is 2.65 bits per heavy atom. The Hall–Kier alpha value is -2.44. The van der Waals surface area contributed by atoms with Crippen LogP contribution in [0.5, 0.6) is 5.75 Å². The summed E-state index contributed by atoms with van der Waals surface area (Å²) in [6.07, 6.45) is 4.25. The maximum Gasteiger partial charge on any atom is 0.257 e. The van der Waals surface area contributed by atoms with Crippen LogP contribution in [0.1, 0.15) is 10.6 Å². The summed E-state index contributed by atoms with van der Waals surface area (Å²) in [7, 11) is 0. The number of pyridine rings is 1. The molecular weight excluding hydrogens is 370 g/mol. The van der Waals surface area contributed by atoms with Gasteiger partial charge in [0.25, 0.3) is 5.91 Å². The molecule has 3 aromatic rings. The van der Waals surface area contributed by atoms with Crippen LogP contribution >= 0.6 is 22.9 Å². The first-order valence-electron chi connectivity index (χ1n) is 8.13. The van der Waals surface area contributed by atoms with E-state index in [4.69, 9.17) is 16.3 Å². The first-order valence-corrected chi connectivity index (χ1v) is 9.33. The zero-order chi connectivity index (χ0) is 18.4. The normalized spacial score (nSPS) is 10.5. The highest BCUT2D eigenvalue weighted by molar-refractivity contribution is 7.15. The van der Waals surface area contributed by atoms with Crippen molar-refractivity contribution in [2.45, 2.75) is 13.3 Å². The molecule has 0 unspecified atom stereocenters. The fraction of sp³-hybridized carbons (Fsp3) is 0.211. The Kier molecular flexibility index (Phi) is 6.20. The summed E-state index contributed by atoms with van der Waals surface area (Å²) in [5.41, 5.74) is 2.05. The van der Waals surface area contributed by atoms with E-state index in [1.54, 1.807) is 48.0 Å². The quantitative estimate of drug-likeness (QED) is 0.667. The molecule has 7 heteroatoms. The van der Waals surface area contributed by atoms with Crippen molar-refractivity contribution < 1.29 is 9.53 Å². The van der Waals surface area contributed by atoms with Crippen LogP contribution < -0.4 is 10.1 Å². The summed E-state index contributed by atoms with van der Waals surface area (Å²) in [6, 6.07) is 10.8. The van der Waals surface area contributed by atoms with Gasteiger partial charge in [-0.25, -0.2) is 4.98 Å². The largest absolute Gasteiger partial charge is 0.484 e. The average Bonchev–Trinajstić information content (AvgIpc) is 3.03. The summed E-state index contributed by atoms with van der Waals surface area (Å²) in [5, 5.41) is 4.47. The first-order chi connectivity index (χ1) is 12.6. The van der Waals surface area contributed by atoms with Gasteiger partial charge in [0.2, 0.25) is 0 Å². The van der Waals surface area contributed by atoms with Crippen molar-refractivity contribution >= 4 is 28.8 Å². The monoisotopic (exact) mass is 387 g/mol. The van der Waals surface area contributed by atoms with Gasteiger partial charge in [-0.3, -0.25) is 9.78 Å². The van der Waals surface area contributed by atoms with E-state index in [0.717, 1.165) is 27.6 Å². The number of aryl methyl sites for hydroxylation is 1. The predicted molar refractivity (Wildman–Crippen MR) is 104 cm³/mol. The number of aromatic nitrogens is 2. The Labute approximate surface area is 161 Å². The minimum atomic E-state index is -0.156. The van der Waals surface area contributed by atoms with Gasteiger partial charge in [0.05, 0.1) is 5.69 Å². The molecule has 2 heterocycles. The third-order valence-electron chi connectivity index (χ3n) is 3.68. The standard InChI is InChI=1S/C19H18ClN3O2S/c1-13-17(26-19(23-13)14-6-9-21-10-7-14)8-11-22-18(24)12-25-16-4-2-15(20)3-5-16/h2-7,9-10H,8,11-12H2,1H3,(H,22,24). The summed E-state index contributed by atoms with van der Waals surface area (Å²) in [4.78, 5) is 21.7. The molecule has 5 nitrogen and oxygen atoms in total. The van der Waals surface area contributed by atoms with Crippen LogP contribution in [0.4, 0.5) is 0 Å². The number of thiazole rings is 1. The minimum Gasteiger partial charge on any atom is -0.484 e. The number of nitrogens with zero attached hydrogens (tertiary/aromatic N) is 2. The molecule has 26 heavy (non-hydrogen) atoms. The second kappa shape index (κ2) is 8.78. The molecule has 0 fully saturated rings. The highest BCUT2D eigenvalue weighted by Gasteiger charge is 2.10. The molecule has 0 spiro atoms. The van der Waals surface area contributed by atoms with Crippen LogP contribution in [0.2, 0.25) is 5.02 Å². The number of rotatable bonds is 7. The maximum absolute atomic E-state index is 11.9. The highest BCUT2D eigenvalue weighted by atomic mass is 35.5. The molecule has 2 aromatic heterocycles. The van der Waals surface area contributed by atoms with Crippen molar-refractivity contribution in [3.63, 3.8) is 0 Å². The van der Waals surface area contributed by atoms with Crippen molar-refractivity contribution in [1.82, 2.24) is 15.3 Å². The van der Waals surface area contributed by atoms with E-state index in [1.807, 2.05) is 19.1 Å². The Bertz CT molecular complexity index is 866. The molecule has 134 valence electrons. The van der Waals surface area contributed by atoms with E-state index in [9.17, 15) is 4.79 Å². The molecule has 0 aliphatic carbocycles. The van der Waals surface area contributed by atoms with E-state index in [-0.39, 0.29) is 12.5 Å². The lowest BCUT2D eigenvalue weighted by Gasteiger charge is -2.07. The van der Waals surface area contributed by atoms with Crippen LogP contribution in [0.3, 0.4) is 0 Å². The highest BCUT2D eigenvalue weighted by Crippen LogP contribution is 2.27. The number of ether oxygens (including phenoxy) is 1. The molecule has 0 aliphatic rings. The predicted octanol–water partition coefficient (Wildman–Crippen LogP) is 3.90. The first kappa shape index (κ1) is 18.4. The van der Waals surface area contributed by atoms with Gasteiger partial charge in [-0.15, -0.1) is 11.3 Å². The molecule has 0 saturated carbocycles. The topological polar surface area (TPSA) is 64.1 Å². The van der Waals surface area contributed by atoms with E-state index in [0.29, 0.717) is 17.3 Å². The fourth-order valence-electron chi connectivity index (χ4n) is 2.32. The van der Waals surface area contributed by atoms with Gasteiger partial charge in [-0.2, -0.15) is 0 Å². The van der Waals surface area contributed by atoms with Gasteiger partial charge in [0.1, 0.15) is 10.8 Å². The van der Waals surface area contributed by atoms with Gasteiger partial charge >= 0.3 is 0 Å². The molecule has 0 radical (unpaired) electrons. The van der Waals surface area contributed by atoms with Crippen molar-refractivity contribution in [3.05, 3.63) is 64.4 Å². The lowest BCUT2D eigenvalue weighted by Crippen LogP contribution is -2.30. The van der Waals surface area contributed by atoms with Crippen LogP contribution in [0.15, 0.2) is 48.8 Å². The van der Waals surface area contributed by atoms with Crippen molar-refractivity contribution in [3.8, 4) is 16.3 Å². The fourth-order valence-corrected chi connectivity index (χ4v) is 3.52. The van der Waals surface area contributed by atoms with Gasteiger partial charge in [0.15, 0.2) is 6.61 Å². The summed E-state index contributed by atoms with van der Waals surface area (Å²) in [5.74, 6) is 0.460. The minimum absolute atomic E-state index is 0.0223. The lowest BCUT2D eigenvalue weighted by atomic mass is 10.3. The molecule has 0 atom stereocenters. The molecule has 3 rings (SSSR count). The van der Waals surface area contributed by atoms with Crippen LogP contribution in [-0.2, 0) is 11.2 Å². The Morgan fingerprint density at radius 1 is 1.19 bits per heavy atom. The zero-order valence-corrected chi connectivity index (χ0v) is 15.8. The number of carbonyl (C=O) groups excluding carboxylic acids is 1. The molecule has 0 bridgehead atoms. The third kappa shape index (κ3) is 5.03. The number of benzene rings is 1. The average molecular weight is 388 g/mol. The smallest absolute Gasteiger partial charge is 0.257 e. The summed E-state index contributed by atoms with van der Waals surface area (Å²) in [6.45, 7) is 2.51. The van der Waals surface area contributed by atoms with Crippen molar-refractivity contribution in [2.24, 2.45) is 0 Å². The molecule has 0 saturated heterocycles. The molecule has 1 aromatic carbocycles. The second-order valence-electron chi connectivity index (χ2n) is 5.61. The number of halogens is 1. The number of nitrogens with one attached hydrogen (secondary N) is 1. The number of hydrogen-bond acceptors (Lipinski definition) is 5. The van der Waals surface area contributed by atoms with E-state index in [2.05, 4.69) is 15.3 Å². The van der Waals surface area contributed by atoms with E-state index in [1.165, 1.54) is 0 Å². The Morgan fingerprint density at radius 2 is 1.92 bits per heavy atom. The summed E-state index contributed by atoms with van der Waals surface area (Å²) >= 11 is 7.45. The number of amides is 1. The lowest BCUT2D eigenvalue weighted by molar-refractivity contribution is -0.123. The van der Waals surface area contributed by atoms with Gasteiger partial charge in [-0.05, 0) is 43.3 Å². The molecule has 1 amide bonds. The van der Waals surface area contributed by atoms with Crippen molar-refractivity contribution in [2.75, 3.05) is 13.2 Å². The zero-order valence-electron chi connectivity index (χ0n) is 14.2. The van der Waals surface area contributed by atoms with Crippen molar-refractivity contribution in [1.29, 1.82) is 0 Å². The van der Waals surface area contributed by atoms with Crippen LogP contribution in [0.25, 0.3) is 10.6 Å². The number of hydrogen-bond donors (Lipinski definition) is 1. The van der Waals surface area contributed by atoms with Gasteiger partial charge in [0, 0.05) is 40.8 Å². The molecule has 1 N–H and O–H groups in total. The molecular formula is C19H18ClN3O2S. The Balaban J connectivity index is 1.46. The maximum atomic E-state index is 11.9. The number of carbonyl (C=O) groups is 1. The van der Waals surface area contributed by atoms with Crippen LogP contribution in [-0.4, -0.2) is 29.0 Å². The van der Waals surface area contributed by atoms with Gasteiger partial charge in [-0.1, -0.05) is 11.6 Å². The van der Waals surface area contributed by atoms with Gasteiger partial charge < -0.3 is 10.1 Å². The van der Waals surface area contributed by atoms with E-state index >= 15 is 0 Å². The SMILES string of the molecule is Cc1nc(-c2ccncc2)sc1CCNC(=O)COc1ccc(Cl)cc1. The van der Waals surface area contributed by atoms with Crippen LogP contribution in [0, 0.1) is 6.92 Å².